The van der Waals surface area contributed by atoms with Gasteiger partial charge in [-0.1, -0.05) is 6.08 Å². The van der Waals surface area contributed by atoms with E-state index < -0.39 is 0 Å². The first-order valence-electron chi connectivity index (χ1n) is 4.69. The van der Waals surface area contributed by atoms with Gasteiger partial charge < -0.3 is 10.1 Å². The number of hydrogen-bond donors (Lipinski definition) is 1. The number of nitrogens with zero attached hydrogens (tertiary/aromatic N) is 1. The fourth-order valence-corrected chi connectivity index (χ4v) is 1.13. The average molecular weight is 192 g/mol. The van der Waals surface area contributed by atoms with Crippen molar-refractivity contribution >= 4 is 0 Å². The van der Waals surface area contributed by atoms with Crippen LogP contribution in [0.4, 0.5) is 0 Å². The lowest BCUT2D eigenvalue weighted by molar-refractivity contribution is 0.319. The minimum atomic E-state index is 0.659. The number of nitrogens with one attached hydrogen (secondary N) is 1. The van der Waals surface area contributed by atoms with Crippen LogP contribution in [0, 0.1) is 0 Å². The Bertz CT molecular complexity index is 286. The van der Waals surface area contributed by atoms with Crippen molar-refractivity contribution in [2.45, 2.75) is 13.0 Å². The number of ether oxygens (including phenoxy) is 1. The van der Waals surface area contributed by atoms with E-state index in [1.165, 1.54) is 0 Å². The molecule has 0 fully saturated rings. The summed E-state index contributed by atoms with van der Waals surface area (Å²) in [5.41, 5.74) is 1.13. The second kappa shape index (κ2) is 6.16. The molecule has 0 unspecified atom stereocenters. The Morgan fingerprint density at radius 1 is 1.64 bits per heavy atom. The zero-order valence-electron chi connectivity index (χ0n) is 8.49. The Kier molecular flexibility index (Phi) is 4.72. The summed E-state index contributed by atoms with van der Waals surface area (Å²) in [6.45, 7) is 5.10. The second-order valence-corrected chi connectivity index (χ2v) is 2.94. The summed E-state index contributed by atoms with van der Waals surface area (Å²) in [6, 6.07) is 1.96. The molecule has 0 aliphatic heterocycles. The van der Waals surface area contributed by atoms with E-state index in [-0.39, 0.29) is 0 Å². The van der Waals surface area contributed by atoms with Crippen LogP contribution in [0.5, 0.6) is 5.75 Å². The molecule has 0 spiro atoms. The van der Waals surface area contributed by atoms with Crippen molar-refractivity contribution in [3.05, 3.63) is 36.7 Å². The molecule has 0 saturated heterocycles. The first kappa shape index (κ1) is 10.7. The molecule has 1 aromatic heterocycles. The summed E-state index contributed by atoms with van der Waals surface area (Å²) in [7, 11) is 1.91. The number of hydrogen-bond acceptors (Lipinski definition) is 3. The highest BCUT2D eigenvalue weighted by Gasteiger charge is 2.01. The zero-order valence-corrected chi connectivity index (χ0v) is 8.49. The van der Waals surface area contributed by atoms with Crippen molar-refractivity contribution in [2.24, 2.45) is 0 Å². The molecule has 1 heterocycles. The lowest BCUT2D eigenvalue weighted by atomic mass is 10.2. The summed E-state index contributed by atoms with van der Waals surface area (Å²) in [6.07, 6.45) is 6.21. The van der Waals surface area contributed by atoms with Gasteiger partial charge in [-0.2, -0.15) is 0 Å². The summed E-state index contributed by atoms with van der Waals surface area (Å²) < 4.78 is 5.56. The first-order valence-corrected chi connectivity index (χ1v) is 4.69. The van der Waals surface area contributed by atoms with Crippen LogP contribution in [0.25, 0.3) is 0 Å². The molecular weight excluding hydrogens is 176 g/mol. The van der Waals surface area contributed by atoms with Crippen molar-refractivity contribution in [3.8, 4) is 5.75 Å². The van der Waals surface area contributed by atoms with Crippen LogP contribution in [0.3, 0.4) is 0 Å². The molecule has 3 heteroatoms. The van der Waals surface area contributed by atoms with Crippen molar-refractivity contribution in [2.75, 3.05) is 13.7 Å². The van der Waals surface area contributed by atoms with Gasteiger partial charge in [-0.15, -0.1) is 6.58 Å². The van der Waals surface area contributed by atoms with Crippen LogP contribution in [0.15, 0.2) is 31.1 Å². The number of rotatable bonds is 6. The maximum absolute atomic E-state index is 5.56. The van der Waals surface area contributed by atoms with Crippen LogP contribution in [-0.2, 0) is 6.54 Å². The van der Waals surface area contributed by atoms with E-state index in [1.807, 2.05) is 19.2 Å². The van der Waals surface area contributed by atoms with Gasteiger partial charge in [-0.3, -0.25) is 4.98 Å². The van der Waals surface area contributed by atoms with Gasteiger partial charge in [0.25, 0.3) is 0 Å². The molecule has 3 nitrogen and oxygen atoms in total. The monoisotopic (exact) mass is 192 g/mol. The van der Waals surface area contributed by atoms with Crippen molar-refractivity contribution in [1.29, 1.82) is 0 Å². The molecule has 0 radical (unpaired) electrons. The van der Waals surface area contributed by atoms with Gasteiger partial charge in [0.1, 0.15) is 5.75 Å². The van der Waals surface area contributed by atoms with Gasteiger partial charge in [0.15, 0.2) is 0 Å². The molecular formula is C11H16N2O. The minimum absolute atomic E-state index is 0.659. The number of pyridine rings is 1. The molecule has 0 amide bonds. The minimum Gasteiger partial charge on any atom is -0.491 e. The van der Waals surface area contributed by atoms with E-state index >= 15 is 0 Å². The molecule has 76 valence electrons. The highest BCUT2D eigenvalue weighted by atomic mass is 16.5. The zero-order chi connectivity index (χ0) is 10.2. The molecule has 14 heavy (non-hydrogen) atoms. The Morgan fingerprint density at radius 3 is 3.21 bits per heavy atom. The third kappa shape index (κ3) is 3.18. The fourth-order valence-electron chi connectivity index (χ4n) is 1.13. The lowest BCUT2D eigenvalue weighted by Gasteiger charge is -2.09. The summed E-state index contributed by atoms with van der Waals surface area (Å²) >= 11 is 0. The normalized spacial score (nSPS) is 9.79. The van der Waals surface area contributed by atoms with Crippen LogP contribution in [0.2, 0.25) is 0 Å². The van der Waals surface area contributed by atoms with E-state index in [2.05, 4.69) is 16.9 Å². The molecule has 0 aliphatic carbocycles. The highest BCUT2D eigenvalue weighted by Crippen LogP contribution is 2.15. The van der Waals surface area contributed by atoms with E-state index in [1.54, 1.807) is 12.4 Å². The summed E-state index contributed by atoms with van der Waals surface area (Å²) in [5.74, 6) is 0.851. The quantitative estimate of drug-likeness (QED) is 0.551. The predicted octanol–water partition coefficient (Wildman–Crippen LogP) is 1.76. The average Bonchev–Trinajstić information content (AvgIpc) is 2.21. The second-order valence-electron chi connectivity index (χ2n) is 2.94. The van der Waals surface area contributed by atoms with Gasteiger partial charge in [0, 0.05) is 18.3 Å². The highest BCUT2D eigenvalue weighted by molar-refractivity contribution is 5.29. The number of aromatic nitrogens is 1. The van der Waals surface area contributed by atoms with Crippen LogP contribution < -0.4 is 10.1 Å². The predicted molar refractivity (Wildman–Crippen MR) is 57.3 cm³/mol. The van der Waals surface area contributed by atoms with E-state index in [9.17, 15) is 0 Å². The first-order chi connectivity index (χ1) is 6.88. The topological polar surface area (TPSA) is 34.1 Å². The Morgan fingerprint density at radius 2 is 2.50 bits per heavy atom. The molecule has 0 aliphatic rings. The Hall–Kier alpha value is -1.35. The van der Waals surface area contributed by atoms with Gasteiger partial charge in [-0.05, 0) is 19.5 Å². The molecule has 0 atom stereocenters. The van der Waals surface area contributed by atoms with Gasteiger partial charge in [0.05, 0.1) is 12.8 Å². The molecule has 0 aromatic carbocycles. The Balaban J connectivity index is 2.59. The van der Waals surface area contributed by atoms with E-state index in [0.29, 0.717) is 6.61 Å². The third-order valence-electron chi connectivity index (χ3n) is 1.82. The third-order valence-corrected chi connectivity index (χ3v) is 1.82. The van der Waals surface area contributed by atoms with Crippen LogP contribution in [-0.4, -0.2) is 18.6 Å². The maximum atomic E-state index is 5.56. The smallest absolute Gasteiger partial charge is 0.142 e. The van der Waals surface area contributed by atoms with Crippen molar-refractivity contribution in [1.82, 2.24) is 10.3 Å². The molecule has 1 rings (SSSR count). The Labute approximate surface area is 84.8 Å². The van der Waals surface area contributed by atoms with Gasteiger partial charge in [0.2, 0.25) is 0 Å². The van der Waals surface area contributed by atoms with E-state index in [0.717, 1.165) is 24.3 Å². The van der Waals surface area contributed by atoms with Gasteiger partial charge in [-0.25, -0.2) is 0 Å². The van der Waals surface area contributed by atoms with Crippen LogP contribution in [0.1, 0.15) is 12.0 Å². The molecule has 1 N–H and O–H groups in total. The molecule has 0 saturated carbocycles. The van der Waals surface area contributed by atoms with Crippen molar-refractivity contribution in [3.63, 3.8) is 0 Å². The summed E-state index contributed by atoms with van der Waals surface area (Å²) in [5, 5.41) is 3.09. The fraction of sp³-hybridized carbons (Fsp3) is 0.364. The lowest BCUT2D eigenvalue weighted by Crippen LogP contribution is -2.08. The maximum Gasteiger partial charge on any atom is 0.142 e. The van der Waals surface area contributed by atoms with Gasteiger partial charge >= 0.3 is 0 Å². The molecule has 1 aromatic rings. The van der Waals surface area contributed by atoms with Crippen LogP contribution >= 0.6 is 0 Å². The SMILES string of the molecule is C=CCCOc1cnccc1CNC. The summed E-state index contributed by atoms with van der Waals surface area (Å²) in [4.78, 5) is 4.03. The van der Waals surface area contributed by atoms with Crippen molar-refractivity contribution < 1.29 is 4.74 Å². The largest absolute Gasteiger partial charge is 0.491 e. The van der Waals surface area contributed by atoms with E-state index in [4.69, 9.17) is 4.74 Å². The molecule has 0 bridgehead atoms. The standard InChI is InChI=1S/C11H16N2O/c1-3-4-7-14-11-9-13-6-5-10(11)8-12-2/h3,5-6,9,12H,1,4,7-8H2,2H3.